The van der Waals surface area contributed by atoms with Gasteiger partial charge in [-0.15, -0.1) is 0 Å². The van der Waals surface area contributed by atoms with Crippen LogP contribution in [-0.4, -0.2) is 40.7 Å². The number of rotatable bonds is 5. The van der Waals surface area contributed by atoms with Crippen LogP contribution in [0.3, 0.4) is 0 Å². The third-order valence-electron chi connectivity index (χ3n) is 3.92. The van der Waals surface area contributed by atoms with Crippen molar-refractivity contribution in [2.45, 2.75) is 19.1 Å². The molecule has 0 saturated carbocycles. The average Bonchev–Trinajstić information content (AvgIpc) is 2.54. The van der Waals surface area contributed by atoms with Crippen molar-refractivity contribution in [1.82, 2.24) is 9.88 Å². The van der Waals surface area contributed by atoms with Crippen LogP contribution in [0.1, 0.15) is 11.1 Å². The molecule has 3 rings (SSSR count). The van der Waals surface area contributed by atoms with Crippen molar-refractivity contribution in [3.8, 4) is 0 Å². The Morgan fingerprint density at radius 1 is 1.23 bits per heavy atom. The lowest BCUT2D eigenvalue weighted by molar-refractivity contribution is 0.114. The summed E-state index contributed by atoms with van der Waals surface area (Å²) in [5, 5.41) is 13.2. The van der Waals surface area contributed by atoms with E-state index in [9.17, 15) is 9.50 Å². The zero-order valence-corrected chi connectivity index (χ0v) is 12.4. The van der Waals surface area contributed by atoms with Gasteiger partial charge < -0.3 is 10.4 Å². The number of pyridine rings is 1. The van der Waals surface area contributed by atoms with Crippen molar-refractivity contribution in [3.63, 3.8) is 0 Å². The molecule has 0 radical (unpaired) electrons. The minimum Gasteiger partial charge on any atom is -0.390 e. The van der Waals surface area contributed by atoms with Crippen LogP contribution in [0.15, 0.2) is 42.6 Å². The third kappa shape index (κ3) is 3.81. The number of halogens is 1. The molecule has 0 spiro atoms. The zero-order valence-electron chi connectivity index (χ0n) is 12.4. The fourth-order valence-electron chi connectivity index (χ4n) is 2.78. The lowest BCUT2D eigenvalue weighted by Crippen LogP contribution is -2.39. The maximum Gasteiger partial charge on any atom is 0.141 e. The van der Waals surface area contributed by atoms with Crippen LogP contribution >= 0.6 is 0 Å². The molecule has 4 nitrogen and oxygen atoms in total. The topological polar surface area (TPSA) is 48.4 Å². The Kier molecular flexibility index (Phi) is 4.65. The van der Waals surface area contributed by atoms with Crippen molar-refractivity contribution in [3.05, 3.63) is 59.5 Å². The molecule has 1 aromatic carbocycles. The first-order valence-electron chi connectivity index (χ1n) is 7.53. The number of benzene rings is 1. The molecule has 0 saturated heterocycles. The van der Waals surface area contributed by atoms with Gasteiger partial charge in [-0.1, -0.05) is 24.3 Å². The van der Waals surface area contributed by atoms with Crippen LogP contribution in [0.25, 0.3) is 0 Å². The van der Waals surface area contributed by atoms with Gasteiger partial charge >= 0.3 is 0 Å². The van der Waals surface area contributed by atoms with Gasteiger partial charge in [-0.2, -0.15) is 0 Å². The van der Waals surface area contributed by atoms with Crippen LogP contribution < -0.4 is 5.32 Å². The van der Waals surface area contributed by atoms with Crippen molar-refractivity contribution in [1.29, 1.82) is 0 Å². The average molecular weight is 301 g/mol. The molecule has 22 heavy (non-hydrogen) atoms. The highest BCUT2D eigenvalue weighted by atomic mass is 19.1. The molecule has 5 heteroatoms. The molecule has 0 fully saturated rings. The predicted molar refractivity (Wildman–Crippen MR) is 84.1 cm³/mol. The van der Waals surface area contributed by atoms with Gasteiger partial charge in [0.05, 0.1) is 12.3 Å². The van der Waals surface area contributed by atoms with E-state index >= 15 is 0 Å². The molecular formula is C17H20FN3O. The minimum absolute atomic E-state index is 0.363. The minimum atomic E-state index is -0.489. The number of β-amino-alcohol motifs (C(OH)–C–C–N with tert-alkyl or cyclic N) is 1. The summed E-state index contributed by atoms with van der Waals surface area (Å²) < 4.78 is 12.8. The molecule has 1 aliphatic heterocycles. The van der Waals surface area contributed by atoms with E-state index in [0.29, 0.717) is 18.9 Å². The quantitative estimate of drug-likeness (QED) is 0.887. The summed E-state index contributed by atoms with van der Waals surface area (Å²) in [7, 11) is 0. The molecule has 0 amide bonds. The van der Waals surface area contributed by atoms with E-state index in [1.807, 2.05) is 0 Å². The van der Waals surface area contributed by atoms with Gasteiger partial charge in [-0.25, -0.2) is 9.37 Å². The van der Waals surface area contributed by atoms with Crippen molar-refractivity contribution in [2.24, 2.45) is 0 Å². The van der Waals surface area contributed by atoms with Gasteiger partial charge in [-0.3, -0.25) is 4.90 Å². The first kappa shape index (κ1) is 14.9. The normalized spacial score (nSPS) is 16.1. The summed E-state index contributed by atoms with van der Waals surface area (Å²) >= 11 is 0. The number of hydrogen-bond donors (Lipinski definition) is 2. The van der Waals surface area contributed by atoms with E-state index in [1.54, 1.807) is 6.07 Å². The molecule has 116 valence electrons. The number of nitrogens with zero attached hydrogens (tertiary/aromatic N) is 2. The molecule has 2 aromatic rings. The summed E-state index contributed by atoms with van der Waals surface area (Å²) in [5.74, 6) is 0.211. The summed E-state index contributed by atoms with van der Waals surface area (Å²) in [6.07, 6.45) is 1.70. The summed E-state index contributed by atoms with van der Waals surface area (Å²) in [4.78, 5) is 6.17. The van der Waals surface area contributed by atoms with Crippen LogP contribution in [0.2, 0.25) is 0 Å². The molecule has 2 N–H and O–H groups in total. The van der Waals surface area contributed by atoms with E-state index in [1.165, 1.54) is 17.2 Å². The predicted octanol–water partition coefficient (Wildman–Crippen LogP) is 2.05. The fraction of sp³-hybridized carbons (Fsp3) is 0.353. The highest BCUT2D eigenvalue weighted by molar-refractivity contribution is 5.33. The summed E-state index contributed by atoms with van der Waals surface area (Å²) in [6.45, 7) is 2.85. The number of anilines is 1. The Balaban J connectivity index is 1.48. The SMILES string of the molecule is OC(CNc1ccc(F)cn1)CN1CCc2ccccc2C1. The van der Waals surface area contributed by atoms with E-state index < -0.39 is 6.10 Å². The van der Waals surface area contributed by atoms with E-state index in [2.05, 4.69) is 39.5 Å². The van der Waals surface area contributed by atoms with Gasteiger partial charge in [0.2, 0.25) is 0 Å². The molecule has 2 heterocycles. The largest absolute Gasteiger partial charge is 0.390 e. The highest BCUT2D eigenvalue weighted by Crippen LogP contribution is 2.18. The highest BCUT2D eigenvalue weighted by Gasteiger charge is 2.18. The molecule has 1 unspecified atom stereocenters. The van der Waals surface area contributed by atoms with Crippen LogP contribution in [0.5, 0.6) is 0 Å². The lowest BCUT2D eigenvalue weighted by atomic mass is 10.00. The molecular weight excluding hydrogens is 281 g/mol. The molecule has 1 atom stereocenters. The molecule has 0 bridgehead atoms. The Morgan fingerprint density at radius 2 is 2.05 bits per heavy atom. The molecule has 0 aliphatic carbocycles. The van der Waals surface area contributed by atoms with Gasteiger partial charge in [-0.05, 0) is 29.7 Å². The van der Waals surface area contributed by atoms with E-state index in [-0.39, 0.29) is 5.82 Å². The van der Waals surface area contributed by atoms with Crippen LogP contribution in [0, 0.1) is 5.82 Å². The molecule has 1 aliphatic rings. The second kappa shape index (κ2) is 6.85. The number of aromatic nitrogens is 1. The lowest BCUT2D eigenvalue weighted by Gasteiger charge is -2.30. The zero-order chi connectivity index (χ0) is 15.4. The third-order valence-corrected chi connectivity index (χ3v) is 3.92. The van der Waals surface area contributed by atoms with E-state index in [4.69, 9.17) is 0 Å². The Hall–Kier alpha value is -1.98. The number of aliphatic hydroxyl groups excluding tert-OH is 1. The van der Waals surface area contributed by atoms with E-state index in [0.717, 1.165) is 25.7 Å². The Bertz CT molecular complexity index is 618. The van der Waals surface area contributed by atoms with Gasteiger partial charge in [0.15, 0.2) is 0 Å². The van der Waals surface area contributed by atoms with Crippen LogP contribution in [0.4, 0.5) is 10.2 Å². The maximum atomic E-state index is 12.8. The fourth-order valence-corrected chi connectivity index (χ4v) is 2.78. The maximum absolute atomic E-state index is 12.8. The van der Waals surface area contributed by atoms with Crippen molar-refractivity contribution in [2.75, 3.05) is 25.0 Å². The summed E-state index contributed by atoms with van der Waals surface area (Å²) in [5.41, 5.74) is 2.75. The first-order chi connectivity index (χ1) is 10.7. The first-order valence-corrected chi connectivity index (χ1v) is 7.53. The number of aliphatic hydroxyl groups is 1. The standard InChI is InChI=1S/C17H20FN3O/c18-15-5-6-17(19-9-15)20-10-16(22)12-21-8-7-13-3-1-2-4-14(13)11-21/h1-6,9,16,22H,7-8,10-12H2,(H,19,20). The van der Waals surface area contributed by atoms with Gasteiger partial charge in [0, 0.05) is 26.2 Å². The van der Waals surface area contributed by atoms with Crippen LogP contribution in [-0.2, 0) is 13.0 Å². The number of fused-ring (bicyclic) bond motifs is 1. The van der Waals surface area contributed by atoms with Crippen molar-refractivity contribution < 1.29 is 9.50 Å². The second-order valence-corrected chi connectivity index (χ2v) is 5.65. The van der Waals surface area contributed by atoms with Crippen molar-refractivity contribution >= 4 is 5.82 Å². The number of hydrogen-bond acceptors (Lipinski definition) is 4. The Morgan fingerprint density at radius 3 is 2.82 bits per heavy atom. The Labute approximate surface area is 129 Å². The second-order valence-electron chi connectivity index (χ2n) is 5.65. The van der Waals surface area contributed by atoms with Gasteiger partial charge in [0.25, 0.3) is 0 Å². The van der Waals surface area contributed by atoms with Gasteiger partial charge in [0.1, 0.15) is 11.6 Å². The monoisotopic (exact) mass is 301 g/mol. The number of nitrogens with one attached hydrogen (secondary N) is 1. The summed E-state index contributed by atoms with van der Waals surface area (Å²) in [6, 6.07) is 11.4. The smallest absolute Gasteiger partial charge is 0.141 e. The molecule has 1 aromatic heterocycles.